The van der Waals surface area contributed by atoms with Crippen LogP contribution >= 0.6 is 0 Å². The van der Waals surface area contributed by atoms with E-state index in [-0.39, 0.29) is 0 Å². The van der Waals surface area contributed by atoms with Gasteiger partial charge < -0.3 is 0 Å². The highest BCUT2D eigenvalue weighted by atomic mass is 15.2. The minimum atomic E-state index is 0.944. The lowest BCUT2D eigenvalue weighted by Gasteiger charge is -1.98. The normalized spacial score (nSPS) is 12.3. The van der Waals surface area contributed by atoms with Gasteiger partial charge in [-0.2, -0.15) is 5.10 Å². The van der Waals surface area contributed by atoms with E-state index in [2.05, 4.69) is 77.8 Å². The van der Waals surface area contributed by atoms with Crippen LogP contribution in [0.2, 0.25) is 0 Å². The molecule has 0 aromatic heterocycles. The number of nitrogens with zero attached hydrogens (tertiary/aromatic N) is 2. The first-order chi connectivity index (χ1) is 11.3. The fraction of sp³-hybridized carbons (Fsp3) is 0.0476. The van der Waals surface area contributed by atoms with E-state index in [9.17, 15) is 0 Å². The van der Waals surface area contributed by atoms with Crippen molar-refractivity contribution in [3.05, 3.63) is 95.1 Å². The van der Waals surface area contributed by atoms with Gasteiger partial charge in [-0.05, 0) is 23.6 Å². The van der Waals surface area contributed by atoms with Crippen molar-refractivity contribution in [3.8, 4) is 11.1 Å². The summed E-state index contributed by atoms with van der Waals surface area (Å²) in [6, 6.07) is 25.0. The molecule has 0 N–H and O–H groups in total. The van der Waals surface area contributed by atoms with Gasteiger partial charge in [-0.25, -0.2) is 0 Å². The van der Waals surface area contributed by atoms with Crippen molar-refractivity contribution in [1.82, 2.24) is 0 Å². The first-order valence-electron chi connectivity index (χ1n) is 7.70. The molecule has 0 aliphatic heterocycles. The molecule has 0 saturated heterocycles. The molecule has 0 bridgehead atoms. The summed E-state index contributed by atoms with van der Waals surface area (Å²) < 4.78 is 0. The lowest BCUT2D eigenvalue weighted by Crippen LogP contribution is -1.97. The van der Waals surface area contributed by atoms with Crippen molar-refractivity contribution in [2.45, 2.75) is 6.92 Å². The van der Waals surface area contributed by atoms with Gasteiger partial charge in [-0.1, -0.05) is 78.4 Å². The van der Waals surface area contributed by atoms with E-state index in [1.807, 2.05) is 12.1 Å². The summed E-state index contributed by atoms with van der Waals surface area (Å²) in [5.74, 6) is 0. The van der Waals surface area contributed by atoms with Crippen LogP contribution in [0.25, 0.3) is 11.1 Å². The van der Waals surface area contributed by atoms with Crippen LogP contribution in [0, 0.1) is 6.92 Å². The lowest BCUT2D eigenvalue weighted by molar-refractivity contribution is 1.25. The molecule has 0 amide bonds. The standard InChI is InChI=1S/C21H16N2/c1-15-10-12-16(13-11-15)14-22-23-21-19-8-4-2-6-17(19)18-7-3-5-9-20(18)21/h2-14H,1H3/b22-14-. The summed E-state index contributed by atoms with van der Waals surface area (Å²) in [7, 11) is 0. The fourth-order valence-corrected chi connectivity index (χ4v) is 2.91. The molecule has 0 saturated carbocycles. The number of rotatable bonds is 2. The molecule has 0 unspecified atom stereocenters. The Labute approximate surface area is 135 Å². The summed E-state index contributed by atoms with van der Waals surface area (Å²) in [5.41, 5.74) is 8.00. The van der Waals surface area contributed by atoms with Gasteiger partial charge in [0.1, 0.15) is 5.71 Å². The second kappa shape index (κ2) is 5.65. The molecule has 23 heavy (non-hydrogen) atoms. The molecule has 0 atom stereocenters. The van der Waals surface area contributed by atoms with Gasteiger partial charge in [0, 0.05) is 11.1 Å². The molecule has 0 spiro atoms. The third kappa shape index (κ3) is 2.49. The van der Waals surface area contributed by atoms with Gasteiger partial charge >= 0.3 is 0 Å². The van der Waals surface area contributed by atoms with E-state index in [4.69, 9.17) is 0 Å². The molecule has 110 valence electrons. The smallest absolute Gasteiger partial charge is 0.101 e. The second-order valence-corrected chi connectivity index (χ2v) is 5.70. The summed E-state index contributed by atoms with van der Waals surface area (Å²) in [6.07, 6.45) is 1.80. The minimum absolute atomic E-state index is 0.944. The largest absolute Gasteiger partial charge is 0.158 e. The molecular weight excluding hydrogens is 280 g/mol. The molecule has 3 aromatic rings. The van der Waals surface area contributed by atoms with Crippen LogP contribution in [-0.2, 0) is 0 Å². The number of hydrogen-bond donors (Lipinski definition) is 0. The Bertz CT molecular complexity index is 871. The third-order valence-electron chi connectivity index (χ3n) is 4.10. The van der Waals surface area contributed by atoms with Crippen molar-refractivity contribution in [2.75, 3.05) is 0 Å². The van der Waals surface area contributed by atoms with E-state index in [0.717, 1.165) is 22.4 Å². The predicted molar refractivity (Wildman–Crippen MR) is 96.3 cm³/mol. The maximum absolute atomic E-state index is 4.51. The zero-order chi connectivity index (χ0) is 15.6. The molecule has 1 aliphatic rings. The Hall–Kier alpha value is -3.00. The van der Waals surface area contributed by atoms with Gasteiger partial charge in [0.05, 0.1) is 6.21 Å². The molecule has 2 heteroatoms. The summed E-state index contributed by atoms with van der Waals surface area (Å²) >= 11 is 0. The SMILES string of the molecule is Cc1ccc(/C=N\N=C2c3ccccc3-c3ccccc32)cc1. The lowest BCUT2D eigenvalue weighted by atomic mass is 10.1. The molecule has 0 radical (unpaired) electrons. The molecule has 3 aromatic carbocycles. The number of hydrogen-bond acceptors (Lipinski definition) is 2. The molecule has 1 aliphatic carbocycles. The second-order valence-electron chi connectivity index (χ2n) is 5.70. The van der Waals surface area contributed by atoms with Crippen LogP contribution in [0.3, 0.4) is 0 Å². The zero-order valence-electron chi connectivity index (χ0n) is 12.9. The van der Waals surface area contributed by atoms with Crippen LogP contribution in [0.15, 0.2) is 83.0 Å². The Balaban J connectivity index is 1.75. The third-order valence-corrected chi connectivity index (χ3v) is 4.10. The molecule has 4 rings (SSSR count). The minimum Gasteiger partial charge on any atom is -0.158 e. The fourth-order valence-electron chi connectivity index (χ4n) is 2.91. The Morgan fingerprint density at radius 1 is 0.652 bits per heavy atom. The Morgan fingerprint density at radius 3 is 1.74 bits per heavy atom. The maximum Gasteiger partial charge on any atom is 0.101 e. The van der Waals surface area contributed by atoms with Gasteiger partial charge in [0.25, 0.3) is 0 Å². The van der Waals surface area contributed by atoms with E-state index in [1.165, 1.54) is 16.7 Å². The summed E-state index contributed by atoms with van der Waals surface area (Å²) in [4.78, 5) is 0. The molecular formula is C21H16N2. The quantitative estimate of drug-likeness (QED) is 0.373. The molecule has 0 fully saturated rings. The predicted octanol–water partition coefficient (Wildman–Crippen LogP) is 4.85. The van der Waals surface area contributed by atoms with Crippen LogP contribution < -0.4 is 0 Å². The van der Waals surface area contributed by atoms with Crippen LogP contribution in [0.5, 0.6) is 0 Å². The number of fused-ring (bicyclic) bond motifs is 3. The van der Waals surface area contributed by atoms with Crippen LogP contribution in [0.4, 0.5) is 0 Å². The first-order valence-corrected chi connectivity index (χ1v) is 7.70. The highest BCUT2D eigenvalue weighted by Gasteiger charge is 2.23. The Morgan fingerprint density at radius 2 is 1.17 bits per heavy atom. The number of aryl methyl sites for hydroxylation is 1. The van der Waals surface area contributed by atoms with Crippen molar-refractivity contribution >= 4 is 11.9 Å². The van der Waals surface area contributed by atoms with Gasteiger partial charge in [0.15, 0.2) is 0 Å². The van der Waals surface area contributed by atoms with Gasteiger partial charge in [-0.15, -0.1) is 5.10 Å². The van der Waals surface area contributed by atoms with Crippen molar-refractivity contribution in [3.63, 3.8) is 0 Å². The topological polar surface area (TPSA) is 24.7 Å². The first kappa shape index (κ1) is 13.6. The Kier molecular flexibility index (Phi) is 3.35. The van der Waals surface area contributed by atoms with E-state index < -0.39 is 0 Å². The zero-order valence-corrected chi connectivity index (χ0v) is 12.9. The van der Waals surface area contributed by atoms with Crippen molar-refractivity contribution < 1.29 is 0 Å². The van der Waals surface area contributed by atoms with E-state index in [0.29, 0.717) is 0 Å². The summed E-state index contributed by atoms with van der Waals surface area (Å²) in [5, 5.41) is 8.82. The monoisotopic (exact) mass is 296 g/mol. The van der Waals surface area contributed by atoms with Crippen LogP contribution in [0.1, 0.15) is 22.3 Å². The highest BCUT2D eigenvalue weighted by molar-refractivity contribution is 6.24. The van der Waals surface area contributed by atoms with Gasteiger partial charge in [0.2, 0.25) is 0 Å². The highest BCUT2D eigenvalue weighted by Crippen LogP contribution is 2.36. The molecule has 0 heterocycles. The molecule has 2 nitrogen and oxygen atoms in total. The number of benzene rings is 3. The van der Waals surface area contributed by atoms with E-state index in [1.54, 1.807) is 6.21 Å². The van der Waals surface area contributed by atoms with Crippen LogP contribution in [-0.4, -0.2) is 11.9 Å². The summed E-state index contributed by atoms with van der Waals surface area (Å²) in [6.45, 7) is 2.08. The van der Waals surface area contributed by atoms with Crippen molar-refractivity contribution in [1.29, 1.82) is 0 Å². The van der Waals surface area contributed by atoms with Gasteiger partial charge in [-0.3, -0.25) is 0 Å². The average Bonchev–Trinajstić information content (AvgIpc) is 2.91. The van der Waals surface area contributed by atoms with Crippen molar-refractivity contribution in [2.24, 2.45) is 10.2 Å². The average molecular weight is 296 g/mol. The van der Waals surface area contributed by atoms with E-state index >= 15 is 0 Å². The maximum atomic E-state index is 4.51.